The van der Waals surface area contributed by atoms with Gasteiger partial charge in [-0.15, -0.1) is 11.8 Å². The van der Waals surface area contributed by atoms with Crippen LogP contribution in [0.5, 0.6) is 0 Å². The number of carbonyl (C=O) groups excluding carboxylic acids is 1. The molecule has 18 heavy (non-hydrogen) atoms. The van der Waals surface area contributed by atoms with Crippen LogP contribution in [0, 0.1) is 5.92 Å². The van der Waals surface area contributed by atoms with E-state index in [1.165, 1.54) is 4.90 Å². The molecule has 2 atom stereocenters. The van der Waals surface area contributed by atoms with E-state index < -0.39 is 0 Å². The molecule has 0 saturated heterocycles. The lowest BCUT2D eigenvalue weighted by atomic mass is 10.1. The molecule has 1 aromatic rings. The first-order chi connectivity index (χ1) is 8.75. The molecule has 1 amide bonds. The van der Waals surface area contributed by atoms with Gasteiger partial charge in [0.05, 0.1) is 11.6 Å². The standard InChI is InChI=1S/C14H16N2OS/c15-11-6-5-10(9-11)14(17)16-7-8-18-13-4-2-1-3-12(13)16/h1-6,10-11H,7-9,15H2. The van der Waals surface area contributed by atoms with Crippen LogP contribution in [0.4, 0.5) is 5.69 Å². The van der Waals surface area contributed by atoms with Crippen molar-refractivity contribution in [2.75, 3.05) is 17.2 Å². The number of nitrogens with two attached hydrogens (primary N) is 1. The van der Waals surface area contributed by atoms with Crippen LogP contribution in [0.25, 0.3) is 0 Å². The molecule has 0 bridgehead atoms. The van der Waals surface area contributed by atoms with Crippen LogP contribution in [-0.2, 0) is 4.79 Å². The van der Waals surface area contributed by atoms with Crippen molar-refractivity contribution in [1.29, 1.82) is 0 Å². The third-order valence-corrected chi connectivity index (χ3v) is 4.47. The highest BCUT2D eigenvalue weighted by Gasteiger charge is 2.30. The topological polar surface area (TPSA) is 46.3 Å². The van der Waals surface area contributed by atoms with Gasteiger partial charge < -0.3 is 10.6 Å². The number of para-hydroxylation sites is 1. The molecule has 1 aliphatic carbocycles. The van der Waals surface area contributed by atoms with E-state index in [9.17, 15) is 4.79 Å². The third-order valence-electron chi connectivity index (χ3n) is 3.43. The van der Waals surface area contributed by atoms with Crippen LogP contribution in [-0.4, -0.2) is 24.2 Å². The van der Waals surface area contributed by atoms with E-state index in [0.29, 0.717) is 0 Å². The number of fused-ring (bicyclic) bond motifs is 1. The number of benzene rings is 1. The minimum absolute atomic E-state index is 0.0355. The maximum absolute atomic E-state index is 12.5. The highest BCUT2D eigenvalue weighted by molar-refractivity contribution is 7.99. The summed E-state index contributed by atoms with van der Waals surface area (Å²) in [6.45, 7) is 0.792. The number of nitrogens with zero attached hydrogens (tertiary/aromatic N) is 1. The highest BCUT2D eigenvalue weighted by atomic mass is 32.2. The smallest absolute Gasteiger partial charge is 0.234 e. The van der Waals surface area contributed by atoms with E-state index in [1.807, 2.05) is 47.0 Å². The summed E-state index contributed by atoms with van der Waals surface area (Å²) in [7, 11) is 0. The van der Waals surface area contributed by atoms with Gasteiger partial charge in [0.1, 0.15) is 0 Å². The van der Waals surface area contributed by atoms with Crippen LogP contribution in [0.2, 0.25) is 0 Å². The lowest BCUT2D eigenvalue weighted by Gasteiger charge is -2.30. The van der Waals surface area contributed by atoms with Gasteiger partial charge in [-0.2, -0.15) is 0 Å². The van der Waals surface area contributed by atoms with Crippen LogP contribution in [0.1, 0.15) is 6.42 Å². The van der Waals surface area contributed by atoms with Gasteiger partial charge in [-0.1, -0.05) is 24.3 Å². The summed E-state index contributed by atoms with van der Waals surface area (Å²) in [5.41, 5.74) is 6.87. The molecule has 0 spiro atoms. The first kappa shape index (κ1) is 11.8. The Bertz CT molecular complexity index is 500. The summed E-state index contributed by atoms with van der Waals surface area (Å²) in [5, 5.41) is 0. The van der Waals surface area contributed by atoms with Gasteiger partial charge in [0.15, 0.2) is 0 Å². The molecule has 0 aromatic heterocycles. The molecular weight excluding hydrogens is 244 g/mol. The maximum Gasteiger partial charge on any atom is 0.234 e. The monoisotopic (exact) mass is 260 g/mol. The predicted molar refractivity (Wildman–Crippen MR) is 74.7 cm³/mol. The zero-order valence-electron chi connectivity index (χ0n) is 10.1. The van der Waals surface area contributed by atoms with Gasteiger partial charge in [0, 0.05) is 23.2 Å². The summed E-state index contributed by atoms with van der Waals surface area (Å²) < 4.78 is 0. The predicted octanol–water partition coefficient (Wildman–Crippen LogP) is 2.03. The Labute approximate surface area is 111 Å². The molecule has 0 radical (unpaired) electrons. The van der Waals surface area contributed by atoms with Gasteiger partial charge in [0.2, 0.25) is 5.91 Å². The van der Waals surface area contributed by atoms with Crippen molar-refractivity contribution < 1.29 is 4.79 Å². The zero-order valence-corrected chi connectivity index (χ0v) is 10.9. The molecule has 4 heteroatoms. The highest BCUT2D eigenvalue weighted by Crippen LogP contribution is 2.35. The largest absolute Gasteiger partial charge is 0.324 e. The van der Waals surface area contributed by atoms with Crippen molar-refractivity contribution in [3.63, 3.8) is 0 Å². The Kier molecular flexibility index (Phi) is 3.14. The molecule has 0 fully saturated rings. The van der Waals surface area contributed by atoms with E-state index in [4.69, 9.17) is 5.73 Å². The van der Waals surface area contributed by atoms with Crippen LogP contribution in [0.15, 0.2) is 41.3 Å². The van der Waals surface area contributed by atoms with E-state index in [1.54, 1.807) is 0 Å². The Morgan fingerprint density at radius 2 is 2.17 bits per heavy atom. The summed E-state index contributed by atoms with van der Waals surface area (Å²) in [4.78, 5) is 15.6. The molecule has 1 aromatic carbocycles. The first-order valence-electron chi connectivity index (χ1n) is 6.23. The Morgan fingerprint density at radius 3 is 2.94 bits per heavy atom. The minimum Gasteiger partial charge on any atom is -0.324 e. The SMILES string of the molecule is NC1C=CC(C(=O)N2CCSc3ccccc32)C1. The van der Waals surface area contributed by atoms with Crippen molar-refractivity contribution in [1.82, 2.24) is 0 Å². The van der Waals surface area contributed by atoms with Crippen molar-refractivity contribution >= 4 is 23.4 Å². The van der Waals surface area contributed by atoms with E-state index >= 15 is 0 Å². The van der Waals surface area contributed by atoms with Gasteiger partial charge in [-0.05, 0) is 18.6 Å². The average molecular weight is 260 g/mol. The molecule has 2 unspecified atom stereocenters. The molecular formula is C14H16N2OS. The summed E-state index contributed by atoms with van der Waals surface area (Å²) in [6, 6.07) is 8.15. The van der Waals surface area contributed by atoms with Crippen LogP contribution in [0.3, 0.4) is 0 Å². The molecule has 1 aliphatic heterocycles. The Hall–Kier alpha value is -1.26. The molecule has 94 valence electrons. The second-order valence-corrected chi connectivity index (χ2v) is 5.83. The number of thioether (sulfide) groups is 1. The minimum atomic E-state index is -0.0452. The van der Waals surface area contributed by atoms with Crippen LogP contribution >= 0.6 is 11.8 Å². The third kappa shape index (κ3) is 2.06. The first-order valence-corrected chi connectivity index (χ1v) is 7.21. The number of carbonyl (C=O) groups is 1. The molecule has 3 nitrogen and oxygen atoms in total. The maximum atomic E-state index is 12.5. The van der Waals surface area contributed by atoms with Crippen molar-refractivity contribution in [3.8, 4) is 0 Å². The lowest BCUT2D eigenvalue weighted by Crippen LogP contribution is -2.39. The van der Waals surface area contributed by atoms with Gasteiger partial charge in [-0.25, -0.2) is 0 Å². The zero-order chi connectivity index (χ0) is 12.5. The summed E-state index contributed by atoms with van der Waals surface area (Å²) >= 11 is 1.82. The fourth-order valence-electron chi connectivity index (χ4n) is 2.51. The molecule has 2 aliphatic rings. The molecule has 2 N–H and O–H groups in total. The average Bonchev–Trinajstić information content (AvgIpc) is 2.84. The van der Waals surface area contributed by atoms with E-state index in [0.717, 1.165) is 24.4 Å². The van der Waals surface area contributed by atoms with E-state index in [-0.39, 0.29) is 17.9 Å². The number of amides is 1. The van der Waals surface area contributed by atoms with E-state index in [2.05, 4.69) is 6.07 Å². The lowest BCUT2D eigenvalue weighted by molar-refractivity contribution is -0.121. The van der Waals surface area contributed by atoms with Crippen molar-refractivity contribution in [3.05, 3.63) is 36.4 Å². The summed E-state index contributed by atoms with van der Waals surface area (Å²) in [5.74, 6) is 1.11. The number of hydrogen-bond donors (Lipinski definition) is 1. The van der Waals surface area contributed by atoms with Gasteiger partial charge >= 0.3 is 0 Å². The second-order valence-electron chi connectivity index (χ2n) is 4.70. The van der Waals surface area contributed by atoms with Gasteiger partial charge in [-0.3, -0.25) is 4.79 Å². The van der Waals surface area contributed by atoms with Crippen molar-refractivity contribution in [2.45, 2.75) is 17.4 Å². The van der Waals surface area contributed by atoms with Crippen LogP contribution < -0.4 is 10.6 Å². The second kappa shape index (κ2) is 4.78. The number of rotatable bonds is 1. The van der Waals surface area contributed by atoms with Gasteiger partial charge in [0.25, 0.3) is 0 Å². The van der Waals surface area contributed by atoms with Crippen molar-refractivity contribution in [2.24, 2.45) is 11.7 Å². The molecule has 1 heterocycles. The number of anilines is 1. The molecule has 0 saturated carbocycles. The molecule has 3 rings (SSSR count). The fourth-order valence-corrected chi connectivity index (χ4v) is 3.50. The Morgan fingerprint density at radius 1 is 1.33 bits per heavy atom. The number of hydrogen-bond acceptors (Lipinski definition) is 3. The quantitative estimate of drug-likeness (QED) is 0.786. The fraction of sp³-hybridized carbons (Fsp3) is 0.357. The summed E-state index contributed by atoms with van der Waals surface area (Å²) in [6.07, 6.45) is 4.63. The Balaban J connectivity index is 1.86. The normalized spacial score (nSPS) is 26.2.